The lowest BCUT2D eigenvalue weighted by molar-refractivity contribution is -0.123. The van der Waals surface area contributed by atoms with Crippen molar-refractivity contribution in [2.24, 2.45) is 0 Å². The van der Waals surface area contributed by atoms with Crippen molar-refractivity contribution >= 4 is 17.7 Å². The molecule has 0 bridgehead atoms. The summed E-state index contributed by atoms with van der Waals surface area (Å²) >= 11 is -0.0840. The van der Waals surface area contributed by atoms with Gasteiger partial charge in [-0.25, -0.2) is 0 Å². The van der Waals surface area contributed by atoms with Crippen molar-refractivity contribution in [3.63, 3.8) is 0 Å². The first-order chi connectivity index (χ1) is 8.30. The summed E-state index contributed by atoms with van der Waals surface area (Å²) in [5, 5.41) is 5.62. The van der Waals surface area contributed by atoms with E-state index in [1.807, 2.05) is 13.8 Å². The summed E-state index contributed by atoms with van der Waals surface area (Å²) < 4.78 is 35.6. The highest BCUT2D eigenvalue weighted by Gasteiger charge is 2.27. The third-order valence-corrected chi connectivity index (χ3v) is 3.28. The van der Waals surface area contributed by atoms with Gasteiger partial charge in [0.2, 0.25) is 5.91 Å². The molecule has 1 atom stereocenters. The lowest BCUT2D eigenvalue weighted by atomic mass is 10.1. The SMILES string of the molecule is CCC(CC)NC(=O)C(C)NCCSC(F)(F)F. The number of carbonyl (C=O) groups is 1. The molecule has 0 aliphatic rings. The number of nitrogens with one attached hydrogen (secondary N) is 2. The number of alkyl halides is 3. The molecule has 0 spiro atoms. The molecular weight excluding hydrogens is 265 g/mol. The zero-order chi connectivity index (χ0) is 14.2. The Morgan fingerprint density at radius 2 is 1.83 bits per heavy atom. The smallest absolute Gasteiger partial charge is 0.352 e. The van der Waals surface area contributed by atoms with Gasteiger partial charge in [0, 0.05) is 18.3 Å². The molecule has 0 fully saturated rings. The molecule has 0 aromatic rings. The number of carbonyl (C=O) groups excluding carboxylic acids is 1. The Labute approximate surface area is 110 Å². The summed E-state index contributed by atoms with van der Waals surface area (Å²) in [4.78, 5) is 11.7. The van der Waals surface area contributed by atoms with Gasteiger partial charge in [0.1, 0.15) is 0 Å². The molecule has 0 aliphatic heterocycles. The van der Waals surface area contributed by atoms with Gasteiger partial charge in [-0.3, -0.25) is 4.79 Å². The van der Waals surface area contributed by atoms with Gasteiger partial charge in [-0.15, -0.1) is 0 Å². The monoisotopic (exact) mass is 286 g/mol. The fraction of sp³-hybridized carbons (Fsp3) is 0.909. The van der Waals surface area contributed by atoms with Crippen molar-refractivity contribution in [3.05, 3.63) is 0 Å². The van der Waals surface area contributed by atoms with E-state index in [0.29, 0.717) is 0 Å². The first kappa shape index (κ1) is 17.6. The van der Waals surface area contributed by atoms with Crippen LogP contribution in [0.4, 0.5) is 13.2 Å². The van der Waals surface area contributed by atoms with E-state index < -0.39 is 11.6 Å². The van der Waals surface area contributed by atoms with Crippen LogP contribution < -0.4 is 10.6 Å². The molecule has 3 nitrogen and oxygen atoms in total. The Balaban J connectivity index is 3.81. The molecule has 1 unspecified atom stereocenters. The van der Waals surface area contributed by atoms with Crippen LogP contribution in [0.15, 0.2) is 0 Å². The Morgan fingerprint density at radius 3 is 2.28 bits per heavy atom. The normalized spacial score (nSPS) is 13.7. The molecule has 0 saturated heterocycles. The van der Waals surface area contributed by atoms with Gasteiger partial charge in [-0.05, 0) is 31.5 Å². The van der Waals surface area contributed by atoms with Gasteiger partial charge in [0.15, 0.2) is 0 Å². The molecule has 0 aromatic heterocycles. The second kappa shape index (κ2) is 8.63. The van der Waals surface area contributed by atoms with E-state index in [4.69, 9.17) is 0 Å². The van der Waals surface area contributed by atoms with Crippen LogP contribution in [0.3, 0.4) is 0 Å². The molecular formula is C11H21F3N2OS. The summed E-state index contributed by atoms with van der Waals surface area (Å²) in [6, 6.07) is -0.342. The maximum absolute atomic E-state index is 11.9. The maximum Gasteiger partial charge on any atom is 0.441 e. The molecule has 0 aliphatic carbocycles. The zero-order valence-electron chi connectivity index (χ0n) is 10.9. The number of amides is 1. The molecule has 1 amide bonds. The van der Waals surface area contributed by atoms with Crippen LogP contribution in [0.2, 0.25) is 0 Å². The lowest BCUT2D eigenvalue weighted by Crippen LogP contribution is -2.46. The minimum atomic E-state index is -4.21. The van der Waals surface area contributed by atoms with Crippen LogP contribution in [0.5, 0.6) is 0 Å². The number of thioether (sulfide) groups is 1. The van der Waals surface area contributed by atoms with E-state index in [2.05, 4.69) is 10.6 Å². The number of hydrogen-bond acceptors (Lipinski definition) is 3. The largest absolute Gasteiger partial charge is 0.441 e. The van der Waals surface area contributed by atoms with Crippen LogP contribution in [-0.4, -0.2) is 35.8 Å². The molecule has 7 heteroatoms. The molecule has 0 radical (unpaired) electrons. The first-order valence-corrected chi connectivity index (χ1v) is 7.03. The number of halogens is 3. The van der Waals surface area contributed by atoms with Gasteiger partial charge in [0.25, 0.3) is 0 Å². The van der Waals surface area contributed by atoms with Crippen molar-refractivity contribution in [2.45, 2.75) is 51.2 Å². The summed E-state index contributed by atoms with van der Waals surface area (Å²) in [5.74, 6) is -0.257. The van der Waals surface area contributed by atoms with E-state index in [0.717, 1.165) is 12.8 Å². The number of hydrogen-bond donors (Lipinski definition) is 2. The Bertz CT molecular complexity index is 245. The summed E-state index contributed by atoms with van der Waals surface area (Å²) in [6.07, 6.45) is 1.69. The van der Waals surface area contributed by atoms with E-state index >= 15 is 0 Å². The average molecular weight is 286 g/mol. The summed E-state index contributed by atoms with van der Waals surface area (Å²) in [6.45, 7) is 5.76. The molecule has 0 saturated carbocycles. The van der Waals surface area contributed by atoms with E-state index in [9.17, 15) is 18.0 Å². The van der Waals surface area contributed by atoms with E-state index in [1.165, 1.54) is 0 Å². The highest BCUT2D eigenvalue weighted by Crippen LogP contribution is 2.29. The highest BCUT2D eigenvalue weighted by atomic mass is 32.2. The predicted octanol–water partition coefficient (Wildman–Crippen LogP) is 2.52. The molecule has 0 aromatic carbocycles. The Hall–Kier alpha value is -0.430. The standard InChI is InChI=1S/C11H21F3N2OS/c1-4-9(5-2)16-10(17)8(3)15-6-7-18-11(12,13)14/h8-9,15H,4-7H2,1-3H3,(H,16,17). The molecule has 2 N–H and O–H groups in total. The highest BCUT2D eigenvalue weighted by molar-refractivity contribution is 8.00. The molecule has 18 heavy (non-hydrogen) atoms. The van der Waals surface area contributed by atoms with Crippen molar-refractivity contribution in [1.82, 2.24) is 10.6 Å². The Kier molecular flexibility index (Phi) is 8.43. The van der Waals surface area contributed by atoms with Crippen molar-refractivity contribution in [1.29, 1.82) is 0 Å². The average Bonchev–Trinajstić information content (AvgIpc) is 2.29. The van der Waals surface area contributed by atoms with Gasteiger partial charge in [-0.1, -0.05) is 13.8 Å². The minimum Gasteiger partial charge on any atom is -0.352 e. The van der Waals surface area contributed by atoms with Gasteiger partial charge < -0.3 is 10.6 Å². The lowest BCUT2D eigenvalue weighted by Gasteiger charge is -2.19. The first-order valence-electron chi connectivity index (χ1n) is 6.04. The van der Waals surface area contributed by atoms with Gasteiger partial charge in [-0.2, -0.15) is 13.2 Å². The maximum atomic E-state index is 11.9. The topological polar surface area (TPSA) is 41.1 Å². The third kappa shape index (κ3) is 8.63. The Morgan fingerprint density at radius 1 is 1.28 bits per heavy atom. The quantitative estimate of drug-likeness (QED) is 0.674. The van der Waals surface area contributed by atoms with Crippen LogP contribution in [0, 0.1) is 0 Å². The second-order valence-corrected chi connectivity index (χ2v) is 5.15. The zero-order valence-corrected chi connectivity index (χ0v) is 11.8. The van der Waals surface area contributed by atoms with Crippen molar-refractivity contribution in [3.8, 4) is 0 Å². The summed E-state index contributed by atoms with van der Waals surface area (Å²) in [7, 11) is 0. The molecule has 0 rings (SSSR count). The minimum absolute atomic E-state index is 0.0840. The van der Waals surface area contributed by atoms with Crippen molar-refractivity contribution < 1.29 is 18.0 Å². The molecule has 108 valence electrons. The summed E-state index contributed by atoms with van der Waals surface area (Å²) in [5.41, 5.74) is -4.21. The van der Waals surface area contributed by atoms with Crippen LogP contribution in [0.25, 0.3) is 0 Å². The van der Waals surface area contributed by atoms with E-state index in [1.54, 1.807) is 6.92 Å². The van der Waals surface area contributed by atoms with Crippen LogP contribution >= 0.6 is 11.8 Å². The molecule has 0 heterocycles. The van der Waals surface area contributed by atoms with Gasteiger partial charge >= 0.3 is 5.51 Å². The number of rotatable bonds is 8. The van der Waals surface area contributed by atoms with Crippen molar-refractivity contribution in [2.75, 3.05) is 12.3 Å². The predicted molar refractivity (Wildman–Crippen MR) is 68.5 cm³/mol. The third-order valence-electron chi connectivity index (χ3n) is 2.54. The second-order valence-electron chi connectivity index (χ2n) is 3.99. The fourth-order valence-electron chi connectivity index (χ4n) is 1.35. The fourth-order valence-corrected chi connectivity index (χ4v) is 1.81. The van der Waals surface area contributed by atoms with Gasteiger partial charge in [0.05, 0.1) is 6.04 Å². The van der Waals surface area contributed by atoms with E-state index in [-0.39, 0.29) is 36.0 Å². The van der Waals surface area contributed by atoms with Crippen LogP contribution in [-0.2, 0) is 4.79 Å². The van der Waals surface area contributed by atoms with Crippen LogP contribution in [0.1, 0.15) is 33.6 Å².